The smallest absolute Gasteiger partial charge is 0.223 e. The Labute approximate surface area is 139 Å². The van der Waals surface area contributed by atoms with E-state index in [1.165, 1.54) is 0 Å². The summed E-state index contributed by atoms with van der Waals surface area (Å²) in [7, 11) is 0. The van der Waals surface area contributed by atoms with Crippen molar-refractivity contribution in [3.05, 3.63) is 46.6 Å². The summed E-state index contributed by atoms with van der Waals surface area (Å²) in [5.74, 6) is 0.939. The number of halogens is 1. The van der Waals surface area contributed by atoms with Crippen LogP contribution in [0, 0.1) is 0 Å². The van der Waals surface area contributed by atoms with E-state index in [4.69, 9.17) is 17.3 Å². The molecular formula is C16H18ClN5O. The van der Waals surface area contributed by atoms with Crippen LogP contribution in [0.25, 0.3) is 0 Å². The zero-order valence-corrected chi connectivity index (χ0v) is 13.4. The number of aromatic nitrogens is 2. The van der Waals surface area contributed by atoms with Crippen LogP contribution in [0.4, 0.5) is 11.8 Å². The number of rotatable bonds is 5. The number of carbonyl (C=O) groups excluding carboxylic acids is 1. The van der Waals surface area contributed by atoms with Crippen LogP contribution in [0.1, 0.15) is 24.0 Å². The fourth-order valence-corrected chi connectivity index (χ4v) is 2.86. The molecule has 6 nitrogen and oxygen atoms in total. The Morgan fingerprint density at radius 2 is 2.04 bits per heavy atom. The fraction of sp³-hybridized carbons (Fsp3) is 0.312. The van der Waals surface area contributed by atoms with Crippen molar-refractivity contribution in [1.29, 1.82) is 0 Å². The van der Waals surface area contributed by atoms with Gasteiger partial charge in [0, 0.05) is 32.1 Å². The molecule has 1 fully saturated rings. The molecule has 23 heavy (non-hydrogen) atoms. The van der Waals surface area contributed by atoms with E-state index in [0.717, 1.165) is 24.1 Å². The summed E-state index contributed by atoms with van der Waals surface area (Å²) in [5.41, 5.74) is 7.83. The lowest BCUT2D eigenvalue weighted by atomic mass is 10.1. The Bertz CT molecular complexity index is 701. The van der Waals surface area contributed by atoms with Crippen LogP contribution in [0.5, 0.6) is 0 Å². The van der Waals surface area contributed by atoms with Gasteiger partial charge in [0.2, 0.25) is 11.9 Å². The summed E-state index contributed by atoms with van der Waals surface area (Å²) in [6.45, 7) is 2.05. The molecule has 0 unspecified atom stereocenters. The second kappa shape index (κ2) is 6.83. The van der Waals surface area contributed by atoms with Gasteiger partial charge in [0.25, 0.3) is 0 Å². The third-order valence-corrected chi connectivity index (χ3v) is 4.02. The van der Waals surface area contributed by atoms with E-state index in [1.54, 1.807) is 6.07 Å². The minimum absolute atomic E-state index is 0.135. The van der Waals surface area contributed by atoms with Gasteiger partial charge in [0.1, 0.15) is 11.0 Å². The highest BCUT2D eigenvalue weighted by atomic mass is 35.5. The van der Waals surface area contributed by atoms with Crippen molar-refractivity contribution in [1.82, 2.24) is 14.9 Å². The van der Waals surface area contributed by atoms with E-state index < -0.39 is 0 Å². The maximum absolute atomic E-state index is 11.8. The highest BCUT2D eigenvalue weighted by molar-refractivity contribution is 6.29. The van der Waals surface area contributed by atoms with E-state index in [9.17, 15) is 4.79 Å². The normalized spacial score (nSPS) is 14.3. The molecule has 0 atom stereocenters. The molecule has 0 aliphatic carbocycles. The number of benzene rings is 1. The maximum atomic E-state index is 11.8. The van der Waals surface area contributed by atoms with Gasteiger partial charge >= 0.3 is 0 Å². The fourth-order valence-electron chi connectivity index (χ4n) is 2.67. The van der Waals surface area contributed by atoms with Crippen molar-refractivity contribution in [2.75, 3.05) is 17.6 Å². The van der Waals surface area contributed by atoms with Crippen LogP contribution in [0.3, 0.4) is 0 Å². The Hall–Kier alpha value is -2.34. The number of likely N-dealkylation sites (tertiary alicyclic amines) is 1. The Balaban J connectivity index is 1.71. The third-order valence-electron chi connectivity index (χ3n) is 3.82. The number of hydrogen-bond acceptors (Lipinski definition) is 5. The third kappa shape index (κ3) is 3.90. The van der Waals surface area contributed by atoms with Crippen LogP contribution < -0.4 is 11.1 Å². The second-order valence-electron chi connectivity index (χ2n) is 5.48. The summed E-state index contributed by atoms with van der Waals surface area (Å²) < 4.78 is 0. The van der Waals surface area contributed by atoms with Crippen LogP contribution >= 0.6 is 11.6 Å². The van der Waals surface area contributed by atoms with E-state index in [2.05, 4.69) is 15.3 Å². The van der Waals surface area contributed by atoms with Gasteiger partial charge < -0.3 is 16.0 Å². The predicted molar refractivity (Wildman–Crippen MR) is 89.9 cm³/mol. The Kier molecular flexibility index (Phi) is 4.62. The molecule has 7 heteroatoms. The number of nitrogens with two attached hydrogens (primary N) is 1. The average Bonchev–Trinajstić information content (AvgIpc) is 2.91. The van der Waals surface area contributed by atoms with E-state index in [1.807, 2.05) is 29.2 Å². The quantitative estimate of drug-likeness (QED) is 0.822. The molecule has 2 heterocycles. The number of nitrogens with zero attached hydrogens (tertiary/aromatic N) is 3. The van der Waals surface area contributed by atoms with Gasteiger partial charge in [-0.3, -0.25) is 4.79 Å². The summed E-state index contributed by atoms with van der Waals surface area (Å²) in [6, 6.07) is 9.68. The van der Waals surface area contributed by atoms with Crippen molar-refractivity contribution in [2.45, 2.75) is 25.9 Å². The number of nitrogens with one attached hydrogen (secondary N) is 1. The van der Waals surface area contributed by atoms with Gasteiger partial charge in [-0.1, -0.05) is 35.9 Å². The molecule has 2 aromatic rings. The molecule has 3 N–H and O–H groups in total. The van der Waals surface area contributed by atoms with Crippen LogP contribution in [-0.2, 0) is 17.9 Å². The Morgan fingerprint density at radius 3 is 2.74 bits per heavy atom. The molecule has 1 aromatic heterocycles. The van der Waals surface area contributed by atoms with Gasteiger partial charge in [-0.05, 0) is 17.5 Å². The van der Waals surface area contributed by atoms with Crippen LogP contribution in [-0.4, -0.2) is 27.3 Å². The van der Waals surface area contributed by atoms with Gasteiger partial charge in [-0.2, -0.15) is 4.98 Å². The highest BCUT2D eigenvalue weighted by Crippen LogP contribution is 2.19. The second-order valence-corrected chi connectivity index (χ2v) is 5.86. The minimum Gasteiger partial charge on any atom is -0.368 e. The van der Waals surface area contributed by atoms with Crippen LogP contribution in [0.2, 0.25) is 5.15 Å². The van der Waals surface area contributed by atoms with E-state index >= 15 is 0 Å². The zero-order chi connectivity index (χ0) is 16.2. The molecular weight excluding hydrogens is 314 g/mol. The van der Waals surface area contributed by atoms with E-state index in [0.29, 0.717) is 30.5 Å². The lowest BCUT2D eigenvalue weighted by molar-refractivity contribution is -0.128. The molecule has 0 bridgehead atoms. The van der Waals surface area contributed by atoms with Crippen molar-refractivity contribution >= 4 is 29.3 Å². The number of carbonyl (C=O) groups is 1. The molecule has 0 radical (unpaired) electrons. The lowest BCUT2D eigenvalue weighted by Gasteiger charge is -2.18. The predicted octanol–water partition coefficient (Wildman–Crippen LogP) is 2.45. The van der Waals surface area contributed by atoms with Gasteiger partial charge in [-0.15, -0.1) is 0 Å². The topological polar surface area (TPSA) is 84.1 Å². The number of hydrogen-bond donors (Lipinski definition) is 2. The van der Waals surface area contributed by atoms with Crippen molar-refractivity contribution in [2.24, 2.45) is 0 Å². The van der Waals surface area contributed by atoms with Gasteiger partial charge in [-0.25, -0.2) is 4.98 Å². The monoisotopic (exact) mass is 331 g/mol. The molecule has 1 aliphatic heterocycles. The molecule has 1 aromatic carbocycles. The molecule has 120 valence electrons. The average molecular weight is 332 g/mol. The van der Waals surface area contributed by atoms with Crippen molar-refractivity contribution < 1.29 is 4.79 Å². The number of amides is 1. The van der Waals surface area contributed by atoms with E-state index in [-0.39, 0.29) is 11.9 Å². The van der Waals surface area contributed by atoms with Gasteiger partial charge in [0.05, 0.1) is 0 Å². The molecule has 0 spiro atoms. The first-order chi connectivity index (χ1) is 11.1. The first kappa shape index (κ1) is 15.6. The molecule has 1 aliphatic rings. The summed E-state index contributed by atoms with van der Waals surface area (Å²) in [6.07, 6.45) is 1.59. The summed E-state index contributed by atoms with van der Waals surface area (Å²) >= 11 is 5.88. The van der Waals surface area contributed by atoms with Crippen LogP contribution in [0.15, 0.2) is 30.3 Å². The van der Waals surface area contributed by atoms with Crippen molar-refractivity contribution in [3.63, 3.8) is 0 Å². The highest BCUT2D eigenvalue weighted by Gasteiger charge is 2.20. The molecule has 1 saturated heterocycles. The molecule has 3 rings (SSSR count). The number of anilines is 2. The molecule has 0 saturated carbocycles. The largest absolute Gasteiger partial charge is 0.368 e. The minimum atomic E-state index is 0.135. The maximum Gasteiger partial charge on any atom is 0.223 e. The number of nitrogen functional groups attached to an aromatic ring is 1. The first-order valence-corrected chi connectivity index (χ1v) is 7.88. The Morgan fingerprint density at radius 1 is 1.26 bits per heavy atom. The van der Waals surface area contributed by atoms with Gasteiger partial charge in [0.15, 0.2) is 0 Å². The van der Waals surface area contributed by atoms with Crippen molar-refractivity contribution in [3.8, 4) is 0 Å². The summed E-state index contributed by atoms with van der Waals surface area (Å²) in [5, 5.41) is 3.50. The lowest BCUT2D eigenvalue weighted by Crippen LogP contribution is -2.24. The zero-order valence-electron chi connectivity index (χ0n) is 12.6. The first-order valence-electron chi connectivity index (χ1n) is 7.50. The SMILES string of the molecule is Nc1nc(Cl)cc(NCc2ccccc2CN2CCCC2=O)n1. The standard InChI is InChI=1S/C16H18ClN5O/c17-13-8-14(21-16(18)20-13)19-9-11-4-1-2-5-12(11)10-22-7-3-6-15(22)23/h1-2,4-5,8H,3,6-7,9-10H2,(H3,18,19,20,21). The summed E-state index contributed by atoms with van der Waals surface area (Å²) in [4.78, 5) is 21.6. The molecule has 1 amide bonds.